The Morgan fingerprint density at radius 3 is 2.41 bits per heavy atom. The van der Waals surface area contributed by atoms with Crippen molar-refractivity contribution >= 4 is 23.5 Å². The molecule has 2 rings (SSSR count). The first-order valence-corrected chi connectivity index (χ1v) is 8.67. The molecule has 0 aromatic heterocycles. The Balaban J connectivity index is 1.94. The number of benzene rings is 2. The predicted octanol–water partition coefficient (Wildman–Crippen LogP) is 2.72. The van der Waals surface area contributed by atoms with Crippen molar-refractivity contribution in [2.75, 3.05) is 18.5 Å². The van der Waals surface area contributed by atoms with Crippen molar-refractivity contribution in [2.45, 2.75) is 13.3 Å². The van der Waals surface area contributed by atoms with Gasteiger partial charge in [-0.05, 0) is 31.0 Å². The summed E-state index contributed by atoms with van der Waals surface area (Å²) in [6.45, 7) is 2.39. The summed E-state index contributed by atoms with van der Waals surface area (Å²) in [6, 6.07) is 16.5. The number of hydrogen-bond acceptors (Lipinski definition) is 4. The summed E-state index contributed by atoms with van der Waals surface area (Å²) < 4.78 is 4.72. The summed E-state index contributed by atoms with van der Waals surface area (Å²) in [7, 11) is 0. The number of nitrogens with one attached hydrogen (secondary N) is 2. The van der Waals surface area contributed by atoms with E-state index in [2.05, 4.69) is 10.6 Å². The zero-order valence-corrected chi connectivity index (χ0v) is 15.1. The quantitative estimate of drug-likeness (QED) is 0.556. The van der Waals surface area contributed by atoms with Gasteiger partial charge in [0.15, 0.2) is 0 Å². The first kappa shape index (κ1) is 19.9. The molecule has 2 amide bonds. The Morgan fingerprint density at radius 2 is 1.67 bits per heavy atom. The van der Waals surface area contributed by atoms with Crippen LogP contribution in [0.3, 0.4) is 0 Å². The van der Waals surface area contributed by atoms with Crippen LogP contribution in [0.15, 0.2) is 66.7 Å². The van der Waals surface area contributed by atoms with Crippen molar-refractivity contribution in [3.8, 4) is 0 Å². The number of anilines is 1. The van der Waals surface area contributed by atoms with Crippen molar-refractivity contribution < 1.29 is 19.1 Å². The Hall–Kier alpha value is -3.41. The summed E-state index contributed by atoms with van der Waals surface area (Å²) in [5.41, 5.74) is 1.85. The fourth-order valence-electron chi connectivity index (χ4n) is 2.36. The molecule has 0 bridgehead atoms. The van der Waals surface area contributed by atoms with Crippen molar-refractivity contribution in [2.24, 2.45) is 0 Å². The molecule has 0 aliphatic heterocycles. The molecule has 0 fully saturated rings. The highest BCUT2D eigenvalue weighted by Gasteiger charge is 2.12. The summed E-state index contributed by atoms with van der Waals surface area (Å²) in [5, 5.41) is 5.45. The number of rotatable bonds is 8. The lowest BCUT2D eigenvalue weighted by Crippen LogP contribution is -2.27. The van der Waals surface area contributed by atoms with Gasteiger partial charge < -0.3 is 15.4 Å². The lowest BCUT2D eigenvalue weighted by Gasteiger charge is -2.10. The third kappa shape index (κ3) is 6.78. The smallest absolute Gasteiger partial charge is 0.330 e. The molecule has 0 aliphatic carbocycles. The second-order valence-corrected chi connectivity index (χ2v) is 5.61. The van der Waals surface area contributed by atoms with E-state index >= 15 is 0 Å². The van der Waals surface area contributed by atoms with Gasteiger partial charge in [-0.1, -0.05) is 42.5 Å². The number of esters is 1. The van der Waals surface area contributed by atoms with Crippen LogP contribution in [-0.4, -0.2) is 30.9 Å². The molecule has 0 saturated heterocycles. The zero-order chi connectivity index (χ0) is 19.5. The van der Waals surface area contributed by atoms with Gasteiger partial charge in [0.05, 0.1) is 17.9 Å². The number of para-hydroxylation sites is 1. The van der Waals surface area contributed by atoms with Crippen LogP contribution in [0.25, 0.3) is 0 Å². The maximum absolute atomic E-state index is 12.4. The third-order valence-corrected chi connectivity index (χ3v) is 3.63. The summed E-state index contributed by atoms with van der Waals surface area (Å²) >= 11 is 0. The molecule has 2 aromatic carbocycles. The SMILES string of the molecule is CCOC(=O)/C=C/C(=O)Nc1ccccc1C(=O)NCCc1ccccc1. The molecule has 0 aliphatic rings. The second kappa shape index (κ2) is 10.6. The molecule has 0 radical (unpaired) electrons. The molecular weight excluding hydrogens is 344 g/mol. The van der Waals surface area contributed by atoms with Gasteiger partial charge in [0.1, 0.15) is 0 Å². The van der Waals surface area contributed by atoms with E-state index in [4.69, 9.17) is 4.74 Å². The lowest BCUT2D eigenvalue weighted by atomic mass is 10.1. The van der Waals surface area contributed by atoms with E-state index in [-0.39, 0.29) is 12.5 Å². The maximum atomic E-state index is 12.4. The van der Waals surface area contributed by atoms with Crippen LogP contribution in [0.1, 0.15) is 22.8 Å². The van der Waals surface area contributed by atoms with Gasteiger partial charge >= 0.3 is 5.97 Å². The first-order chi connectivity index (χ1) is 13.1. The third-order valence-electron chi connectivity index (χ3n) is 3.63. The standard InChI is InChI=1S/C21H22N2O4/c1-2-27-20(25)13-12-19(24)23-18-11-7-6-10-17(18)21(26)22-15-14-16-8-4-3-5-9-16/h3-13H,2,14-15H2,1H3,(H,22,26)(H,23,24)/b13-12+. The topological polar surface area (TPSA) is 84.5 Å². The minimum atomic E-state index is -0.598. The largest absolute Gasteiger partial charge is 0.463 e. The van der Waals surface area contributed by atoms with Crippen LogP contribution >= 0.6 is 0 Å². The van der Waals surface area contributed by atoms with E-state index in [0.29, 0.717) is 24.2 Å². The molecule has 0 atom stereocenters. The minimum Gasteiger partial charge on any atom is -0.463 e. The maximum Gasteiger partial charge on any atom is 0.330 e. The molecule has 6 heteroatoms. The van der Waals surface area contributed by atoms with E-state index in [9.17, 15) is 14.4 Å². The van der Waals surface area contributed by atoms with Gasteiger partial charge in [-0.2, -0.15) is 0 Å². The summed E-state index contributed by atoms with van der Waals surface area (Å²) in [6.07, 6.45) is 2.83. The molecule has 0 spiro atoms. The van der Waals surface area contributed by atoms with E-state index in [0.717, 1.165) is 17.7 Å². The molecule has 0 unspecified atom stereocenters. The van der Waals surface area contributed by atoms with Gasteiger partial charge in [0.25, 0.3) is 5.91 Å². The van der Waals surface area contributed by atoms with E-state index < -0.39 is 11.9 Å². The van der Waals surface area contributed by atoms with E-state index in [1.54, 1.807) is 31.2 Å². The molecule has 6 nitrogen and oxygen atoms in total. The van der Waals surface area contributed by atoms with Gasteiger partial charge in [0, 0.05) is 18.7 Å². The number of hydrogen-bond donors (Lipinski definition) is 2. The molecule has 0 saturated carbocycles. The minimum absolute atomic E-state index is 0.233. The number of carbonyl (C=O) groups excluding carboxylic acids is 3. The van der Waals surface area contributed by atoms with Crippen LogP contribution in [0, 0.1) is 0 Å². The summed E-state index contributed by atoms with van der Waals surface area (Å²) in [5.74, 6) is -1.40. The van der Waals surface area contributed by atoms with E-state index in [1.165, 1.54) is 0 Å². The van der Waals surface area contributed by atoms with Crippen LogP contribution in [-0.2, 0) is 20.7 Å². The fourth-order valence-corrected chi connectivity index (χ4v) is 2.36. The molecular formula is C21H22N2O4. The molecule has 0 heterocycles. The second-order valence-electron chi connectivity index (χ2n) is 5.61. The van der Waals surface area contributed by atoms with Crippen molar-refractivity contribution in [1.82, 2.24) is 5.32 Å². The number of ether oxygens (including phenoxy) is 1. The van der Waals surface area contributed by atoms with Crippen LogP contribution < -0.4 is 10.6 Å². The number of amides is 2. The molecule has 2 N–H and O–H groups in total. The van der Waals surface area contributed by atoms with Crippen LogP contribution in [0.2, 0.25) is 0 Å². The highest BCUT2D eigenvalue weighted by Crippen LogP contribution is 2.15. The van der Waals surface area contributed by atoms with Gasteiger partial charge in [0.2, 0.25) is 5.91 Å². The normalized spacial score (nSPS) is 10.4. The Kier molecular flexibility index (Phi) is 7.78. The van der Waals surface area contributed by atoms with E-state index in [1.807, 2.05) is 30.3 Å². The lowest BCUT2D eigenvalue weighted by molar-refractivity contribution is -0.137. The average Bonchev–Trinajstić information content (AvgIpc) is 2.68. The molecule has 27 heavy (non-hydrogen) atoms. The van der Waals surface area contributed by atoms with Crippen LogP contribution in [0.5, 0.6) is 0 Å². The first-order valence-electron chi connectivity index (χ1n) is 8.67. The van der Waals surface area contributed by atoms with Crippen molar-refractivity contribution in [3.05, 3.63) is 77.9 Å². The highest BCUT2D eigenvalue weighted by atomic mass is 16.5. The van der Waals surface area contributed by atoms with Gasteiger partial charge in [-0.15, -0.1) is 0 Å². The molecule has 2 aromatic rings. The zero-order valence-electron chi connectivity index (χ0n) is 15.1. The van der Waals surface area contributed by atoms with Crippen molar-refractivity contribution in [1.29, 1.82) is 0 Å². The van der Waals surface area contributed by atoms with Crippen LogP contribution in [0.4, 0.5) is 5.69 Å². The Labute approximate surface area is 158 Å². The summed E-state index contributed by atoms with van der Waals surface area (Å²) in [4.78, 5) is 35.6. The highest BCUT2D eigenvalue weighted by molar-refractivity contribution is 6.07. The molecule has 140 valence electrons. The van der Waals surface area contributed by atoms with Gasteiger partial charge in [-0.3, -0.25) is 9.59 Å². The fraction of sp³-hybridized carbons (Fsp3) is 0.190. The number of carbonyl (C=O) groups is 3. The Bertz CT molecular complexity index is 816. The van der Waals surface area contributed by atoms with Gasteiger partial charge in [-0.25, -0.2) is 4.79 Å². The predicted molar refractivity (Wildman–Crippen MR) is 103 cm³/mol. The average molecular weight is 366 g/mol. The van der Waals surface area contributed by atoms with Crippen molar-refractivity contribution in [3.63, 3.8) is 0 Å². The monoisotopic (exact) mass is 366 g/mol. The Morgan fingerprint density at radius 1 is 0.963 bits per heavy atom.